The Morgan fingerprint density at radius 2 is 0.880 bits per heavy atom. The summed E-state index contributed by atoms with van der Waals surface area (Å²) < 4.78 is 2.36. The molecule has 2 heteroatoms. The monoisotopic (exact) mass is 355 g/mol. The molecule has 1 nitrogen and oxygen atoms in total. The lowest BCUT2D eigenvalue weighted by atomic mass is 9.89. The summed E-state index contributed by atoms with van der Waals surface area (Å²) in [5, 5.41) is 0. The van der Waals surface area contributed by atoms with Crippen LogP contribution in [0.25, 0.3) is 0 Å². The Labute approximate surface area is 159 Å². The minimum Gasteiger partial charge on any atom is -1.00 e. The van der Waals surface area contributed by atoms with Crippen LogP contribution in [-0.2, 0) is 38.6 Å². The Kier molecular flexibility index (Phi) is 11.2. The summed E-state index contributed by atoms with van der Waals surface area (Å²) in [6.45, 7) is 24.5. The smallest absolute Gasteiger partial charge is 0.189 e. The zero-order valence-corrected chi connectivity index (χ0v) is 16.0. The van der Waals surface area contributed by atoms with Crippen LogP contribution >= 0.6 is 0 Å². The van der Waals surface area contributed by atoms with Crippen LogP contribution in [0.15, 0.2) is 75.9 Å². The molecule has 0 aromatic carbocycles. The minimum absolute atomic E-state index is 0. The summed E-state index contributed by atoms with van der Waals surface area (Å²) in [5.41, 5.74) is 6.57. The van der Waals surface area contributed by atoms with Gasteiger partial charge in [-0.3, -0.25) is 0 Å². The highest BCUT2D eigenvalue weighted by atomic mass is 35.5. The van der Waals surface area contributed by atoms with E-state index < -0.39 is 0 Å². The minimum atomic E-state index is 0. The van der Waals surface area contributed by atoms with Gasteiger partial charge in [-0.1, -0.05) is 37.0 Å². The highest BCUT2D eigenvalue weighted by Crippen LogP contribution is 2.24. The fraction of sp³-hybridized carbons (Fsp3) is 0.261. The van der Waals surface area contributed by atoms with Crippen LogP contribution in [0.3, 0.4) is 0 Å². The number of rotatable bonds is 12. The molecule has 1 heterocycles. The number of hydrogen-bond acceptors (Lipinski definition) is 0. The van der Waals surface area contributed by atoms with Gasteiger partial charge in [-0.05, 0) is 30.9 Å². The highest BCUT2D eigenvalue weighted by Gasteiger charge is 2.26. The van der Waals surface area contributed by atoms with Crippen LogP contribution in [0.4, 0.5) is 0 Å². The lowest BCUT2D eigenvalue weighted by Gasteiger charge is -2.19. The first-order valence-corrected chi connectivity index (χ1v) is 8.43. The molecule has 25 heavy (non-hydrogen) atoms. The van der Waals surface area contributed by atoms with E-state index >= 15 is 0 Å². The van der Waals surface area contributed by atoms with Gasteiger partial charge in [-0.25, -0.2) is 0 Å². The van der Waals surface area contributed by atoms with Gasteiger partial charge in [0.25, 0.3) is 0 Å². The van der Waals surface area contributed by atoms with Gasteiger partial charge >= 0.3 is 0 Å². The largest absolute Gasteiger partial charge is 1.00 e. The van der Waals surface area contributed by atoms with Crippen LogP contribution in [0.1, 0.15) is 28.1 Å². The second-order valence-corrected chi connectivity index (χ2v) is 5.69. The Morgan fingerprint density at radius 1 is 0.520 bits per heavy atom. The third kappa shape index (κ3) is 5.44. The Bertz CT molecular complexity index is 486. The summed E-state index contributed by atoms with van der Waals surface area (Å²) in [4.78, 5) is 0. The molecule has 0 radical (unpaired) electrons. The Hall–Kier alpha value is -2.12. The Balaban J connectivity index is 0.00000576. The van der Waals surface area contributed by atoms with Gasteiger partial charge in [0.05, 0.1) is 12.8 Å². The quantitative estimate of drug-likeness (QED) is 0.397. The molecule has 0 saturated carbocycles. The average Bonchev–Trinajstić information content (AvgIpc) is 2.57. The first kappa shape index (κ1) is 22.9. The molecule has 0 amide bonds. The van der Waals surface area contributed by atoms with Crippen LogP contribution in [0, 0.1) is 0 Å². The van der Waals surface area contributed by atoms with Crippen molar-refractivity contribution >= 4 is 0 Å². The van der Waals surface area contributed by atoms with Crippen LogP contribution in [0.5, 0.6) is 0 Å². The molecular weight excluding hydrogens is 326 g/mol. The van der Waals surface area contributed by atoms with Crippen LogP contribution < -0.4 is 17.0 Å². The lowest BCUT2D eigenvalue weighted by molar-refractivity contribution is -0.701. The second-order valence-electron chi connectivity index (χ2n) is 5.69. The molecule has 134 valence electrons. The van der Waals surface area contributed by atoms with Crippen molar-refractivity contribution in [3.05, 3.63) is 104 Å². The van der Waals surface area contributed by atoms with E-state index in [0.29, 0.717) is 0 Å². The SMILES string of the molecule is C=CCc1c(CC=C)c(CC=C)[n+](CC=C)c(CC=C)c1CC=C.[Cl-]. The van der Waals surface area contributed by atoms with Gasteiger partial charge in [-0.15, -0.1) is 32.9 Å². The van der Waals surface area contributed by atoms with Crippen molar-refractivity contribution in [3.63, 3.8) is 0 Å². The van der Waals surface area contributed by atoms with Crippen LogP contribution in [-0.4, -0.2) is 0 Å². The van der Waals surface area contributed by atoms with Gasteiger partial charge in [0.15, 0.2) is 17.9 Å². The number of aromatic nitrogens is 1. The van der Waals surface area contributed by atoms with E-state index in [2.05, 4.69) is 44.0 Å². The lowest BCUT2D eigenvalue weighted by Crippen LogP contribution is -3.00. The normalized spacial score (nSPS) is 9.60. The summed E-state index contributed by atoms with van der Waals surface area (Å²) in [6.07, 6.45) is 15.9. The fourth-order valence-corrected chi connectivity index (χ4v) is 3.27. The van der Waals surface area contributed by atoms with E-state index in [1.165, 1.54) is 28.1 Å². The van der Waals surface area contributed by atoms with E-state index in [1.54, 1.807) is 0 Å². The first-order valence-electron chi connectivity index (χ1n) is 8.43. The molecule has 0 unspecified atom stereocenters. The standard InChI is InChI=1S/C23H30N.ClH/c1-7-13-19-20(14-8-2)22(16-10-4)24(18-12-6)23(17-11-5)21(19)15-9-3;/h7-12H,1-6,13-18H2;1H/q+1;/p-1. The summed E-state index contributed by atoms with van der Waals surface area (Å²) >= 11 is 0. The molecule has 0 aliphatic rings. The first-order chi connectivity index (χ1) is 11.7. The molecule has 0 N–H and O–H groups in total. The van der Waals surface area contributed by atoms with Crippen molar-refractivity contribution < 1.29 is 17.0 Å². The third-order valence-corrected chi connectivity index (χ3v) is 4.11. The predicted molar refractivity (Wildman–Crippen MR) is 106 cm³/mol. The van der Waals surface area contributed by atoms with Gasteiger partial charge < -0.3 is 12.4 Å². The van der Waals surface area contributed by atoms with E-state index in [9.17, 15) is 0 Å². The van der Waals surface area contributed by atoms with Crippen molar-refractivity contribution in [2.45, 2.75) is 38.6 Å². The number of hydrogen-bond donors (Lipinski definition) is 0. The van der Waals surface area contributed by atoms with Gasteiger partial charge in [0, 0.05) is 11.1 Å². The summed E-state index contributed by atoms with van der Waals surface area (Å²) in [5.74, 6) is 0. The maximum Gasteiger partial charge on any atom is 0.189 e. The molecular formula is C23H30ClN. The maximum absolute atomic E-state index is 3.95. The molecule has 1 aromatic rings. The number of nitrogens with zero attached hydrogens (tertiary/aromatic N) is 1. The summed E-state index contributed by atoms with van der Waals surface area (Å²) in [6, 6.07) is 0. The van der Waals surface area contributed by atoms with E-state index in [4.69, 9.17) is 0 Å². The predicted octanol–water partition coefficient (Wildman–Crippen LogP) is 1.81. The number of halogens is 1. The van der Waals surface area contributed by atoms with Crippen molar-refractivity contribution in [2.75, 3.05) is 0 Å². The van der Waals surface area contributed by atoms with Crippen LogP contribution in [0.2, 0.25) is 0 Å². The van der Waals surface area contributed by atoms with Gasteiger partial charge in [0.2, 0.25) is 0 Å². The zero-order chi connectivity index (χ0) is 17.9. The molecule has 0 aliphatic carbocycles. The Morgan fingerprint density at radius 3 is 1.20 bits per heavy atom. The van der Waals surface area contributed by atoms with E-state index in [1.807, 2.05) is 36.5 Å². The molecule has 0 bridgehead atoms. The van der Waals surface area contributed by atoms with Gasteiger partial charge in [-0.2, -0.15) is 4.57 Å². The highest BCUT2D eigenvalue weighted by molar-refractivity contribution is 5.42. The molecule has 0 saturated heterocycles. The second kappa shape index (κ2) is 12.3. The topological polar surface area (TPSA) is 3.88 Å². The number of allylic oxidation sites excluding steroid dienone is 6. The number of pyridine rings is 1. The average molecular weight is 356 g/mol. The van der Waals surface area contributed by atoms with Crippen molar-refractivity contribution in [1.29, 1.82) is 0 Å². The molecule has 1 aromatic heterocycles. The molecule has 0 fully saturated rings. The molecule has 0 atom stereocenters. The molecule has 0 aliphatic heterocycles. The summed E-state index contributed by atoms with van der Waals surface area (Å²) in [7, 11) is 0. The van der Waals surface area contributed by atoms with Crippen molar-refractivity contribution in [3.8, 4) is 0 Å². The van der Waals surface area contributed by atoms with Gasteiger partial charge in [0.1, 0.15) is 0 Å². The zero-order valence-electron chi connectivity index (χ0n) is 15.3. The third-order valence-electron chi connectivity index (χ3n) is 4.11. The van der Waals surface area contributed by atoms with Crippen molar-refractivity contribution in [1.82, 2.24) is 0 Å². The molecule has 1 rings (SSSR count). The fourth-order valence-electron chi connectivity index (χ4n) is 3.27. The van der Waals surface area contributed by atoms with E-state index in [0.717, 1.165) is 38.6 Å². The van der Waals surface area contributed by atoms with Crippen molar-refractivity contribution in [2.24, 2.45) is 0 Å². The van der Waals surface area contributed by atoms with E-state index in [-0.39, 0.29) is 12.4 Å². The molecule has 0 spiro atoms. The maximum atomic E-state index is 3.95.